The number of hydrogen-bond donors (Lipinski definition) is 2. The largest absolute Gasteiger partial charge is 0.351 e. The monoisotopic (exact) mass is 313 g/mol. The lowest BCUT2D eigenvalue weighted by molar-refractivity contribution is -0.122. The van der Waals surface area contributed by atoms with Gasteiger partial charge in [0.25, 0.3) is 0 Å². The molecule has 21 heavy (non-hydrogen) atoms. The molecule has 1 aromatic carbocycles. The first-order valence-corrected chi connectivity index (χ1v) is 7.55. The summed E-state index contributed by atoms with van der Waals surface area (Å²) < 4.78 is 12.9. The van der Waals surface area contributed by atoms with E-state index in [1.807, 2.05) is 7.05 Å². The van der Waals surface area contributed by atoms with E-state index in [0.717, 1.165) is 31.5 Å². The Morgan fingerprint density at radius 3 is 2.86 bits per heavy atom. The van der Waals surface area contributed by atoms with Crippen LogP contribution in [0.2, 0.25) is 5.02 Å². The van der Waals surface area contributed by atoms with E-state index in [-0.39, 0.29) is 11.7 Å². The van der Waals surface area contributed by atoms with Crippen molar-refractivity contribution in [2.24, 2.45) is 0 Å². The maximum atomic E-state index is 12.9. The first kappa shape index (κ1) is 16.2. The molecule has 1 aliphatic heterocycles. The topological polar surface area (TPSA) is 44.4 Å². The molecular weight excluding hydrogens is 293 g/mol. The Morgan fingerprint density at radius 1 is 1.48 bits per heavy atom. The fourth-order valence-electron chi connectivity index (χ4n) is 2.52. The third-order valence-corrected chi connectivity index (χ3v) is 4.17. The van der Waals surface area contributed by atoms with Gasteiger partial charge in [-0.3, -0.25) is 9.69 Å². The molecule has 1 aromatic rings. The van der Waals surface area contributed by atoms with Crippen LogP contribution in [0, 0.1) is 5.82 Å². The van der Waals surface area contributed by atoms with E-state index in [4.69, 9.17) is 11.6 Å². The van der Waals surface area contributed by atoms with E-state index < -0.39 is 0 Å². The Hall–Kier alpha value is -1.17. The molecular formula is C15H21ClFN3O. The molecule has 0 bridgehead atoms. The molecule has 0 atom stereocenters. The maximum Gasteiger partial charge on any atom is 0.234 e. The summed E-state index contributed by atoms with van der Waals surface area (Å²) in [6.45, 7) is 2.69. The average Bonchev–Trinajstić information content (AvgIpc) is 2.47. The Labute approximate surface area is 129 Å². The third kappa shape index (κ3) is 4.95. The number of nitrogens with zero attached hydrogens (tertiary/aromatic N) is 1. The summed E-state index contributed by atoms with van der Waals surface area (Å²) in [6.07, 6.45) is 2.13. The predicted molar refractivity (Wildman–Crippen MR) is 81.8 cm³/mol. The molecule has 0 aliphatic carbocycles. The van der Waals surface area contributed by atoms with Gasteiger partial charge in [-0.25, -0.2) is 4.39 Å². The fourth-order valence-corrected chi connectivity index (χ4v) is 2.75. The Bertz CT molecular complexity index is 492. The summed E-state index contributed by atoms with van der Waals surface area (Å²) in [6, 6.07) is 4.64. The highest BCUT2D eigenvalue weighted by atomic mass is 35.5. The number of carbonyl (C=O) groups excluding carboxylic acids is 1. The van der Waals surface area contributed by atoms with Crippen LogP contribution >= 0.6 is 11.6 Å². The molecule has 6 heteroatoms. The molecule has 116 valence electrons. The minimum absolute atomic E-state index is 0.0450. The highest BCUT2D eigenvalue weighted by Gasteiger charge is 2.19. The van der Waals surface area contributed by atoms with Crippen LogP contribution in [0.1, 0.15) is 18.4 Å². The van der Waals surface area contributed by atoms with Crippen LogP contribution in [-0.4, -0.2) is 43.5 Å². The molecule has 1 aliphatic rings. The Morgan fingerprint density at radius 2 is 2.19 bits per heavy atom. The molecule has 1 amide bonds. The number of carbonyl (C=O) groups is 1. The van der Waals surface area contributed by atoms with E-state index in [9.17, 15) is 9.18 Å². The summed E-state index contributed by atoms with van der Waals surface area (Å²) in [4.78, 5) is 14.0. The molecule has 1 heterocycles. The van der Waals surface area contributed by atoms with Gasteiger partial charge in [-0.05, 0) is 50.7 Å². The second kappa shape index (κ2) is 7.73. The normalized spacial score (nSPS) is 16.2. The first-order chi connectivity index (χ1) is 10.1. The van der Waals surface area contributed by atoms with Gasteiger partial charge < -0.3 is 10.6 Å². The summed E-state index contributed by atoms with van der Waals surface area (Å²) in [5.74, 6) is -0.419. The number of nitrogens with one attached hydrogen (secondary N) is 2. The van der Waals surface area contributed by atoms with Crippen LogP contribution in [-0.2, 0) is 11.3 Å². The van der Waals surface area contributed by atoms with Gasteiger partial charge in [-0.2, -0.15) is 0 Å². The molecule has 4 nitrogen and oxygen atoms in total. The van der Waals surface area contributed by atoms with Crippen molar-refractivity contribution in [3.05, 3.63) is 34.6 Å². The smallest absolute Gasteiger partial charge is 0.234 e. The van der Waals surface area contributed by atoms with Crippen molar-refractivity contribution < 1.29 is 9.18 Å². The van der Waals surface area contributed by atoms with Gasteiger partial charge in [0, 0.05) is 17.6 Å². The minimum atomic E-state index is -0.374. The van der Waals surface area contributed by atoms with E-state index in [1.54, 1.807) is 6.07 Å². The zero-order valence-electron chi connectivity index (χ0n) is 12.2. The Balaban J connectivity index is 1.78. The lowest BCUT2D eigenvalue weighted by Crippen LogP contribution is -2.45. The number of likely N-dealkylation sites (N-methyl/N-ethyl adjacent to an activating group) is 1. The second-order valence-corrected chi connectivity index (χ2v) is 5.82. The molecule has 0 radical (unpaired) electrons. The van der Waals surface area contributed by atoms with Crippen molar-refractivity contribution in [1.29, 1.82) is 0 Å². The van der Waals surface area contributed by atoms with Crippen LogP contribution < -0.4 is 10.6 Å². The maximum absolute atomic E-state index is 12.9. The molecule has 2 rings (SSSR count). The van der Waals surface area contributed by atoms with Crippen molar-refractivity contribution in [3.63, 3.8) is 0 Å². The lowest BCUT2D eigenvalue weighted by atomic mass is 10.1. The van der Waals surface area contributed by atoms with Crippen molar-refractivity contribution in [2.75, 3.05) is 26.7 Å². The number of halogens is 2. The lowest BCUT2D eigenvalue weighted by Gasteiger charge is -2.31. The molecule has 1 fully saturated rings. The van der Waals surface area contributed by atoms with Crippen LogP contribution in [0.4, 0.5) is 4.39 Å². The van der Waals surface area contributed by atoms with Crippen LogP contribution in [0.25, 0.3) is 0 Å². The van der Waals surface area contributed by atoms with E-state index in [2.05, 4.69) is 15.5 Å². The highest BCUT2D eigenvalue weighted by molar-refractivity contribution is 6.31. The molecule has 0 spiro atoms. The van der Waals surface area contributed by atoms with Gasteiger partial charge in [-0.1, -0.05) is 17.7 Å². The number of amides is 1. The van der Waals surface area contributed by atoms with Crippen molar-refractivity contribution >= 4 is 17.5 Å². The molecule has 1 saturated heterocycles. The molecule has 0 aromatic heterocycles. The van der Waals surface area contributed by atoms with Crippen LogP contribution in [0.3, 0.4) is 0 Å². The molecule has 2 N–H and O–H groups in total. The van der Waals surface area contributed by atoms with Crippen molar-refractivity contribution in [2.45, 2.75) is 25.4 Å². The number of hydrogen-bond acceptors (Lipinski definition) is 3. The van der Waals surface area contributed by atoms with Gasteiger partial charge in [0.05, 0.1) is 6.54 Å². The highest BCUT2D eigenvalue weighted by Crippen LogP contribution is 2.17. The first-order valence-electron chi connectivity index (χ1n) is 7.18. The quantitative estimate of drug-likeness (QED) is 0.871. The van der Waals surface area contributed by atoms with Gasteiger partial charge in [-0.15, -0.1) is 0 Å². The second-order valence-electron chi connectivity index (χ2n) is 5.41. The Kier molecular flexibility index (Phi) is 5.96. The fraction of sp³-hybridized carbons (Fsp3) is 0.533. The zero-order valence-corrected chi connectivity index (χ0v) is 12.9. The standard InChI is InChI=1S/C15H21ClFN3O/c1-20(13-4-6-18-7-5-13)10-15(21)19-9-11-2-3-12(17)8-14(11)16/h2-3,8,13,18H,4-7,9-10H2,1H3,(H,19,21). The van der Waals surface area contributed by atoms with Gasteiger partial charge >= 0.3 is 0 Å². The number of piperidine rings is 1. The van der Waals surface area contributed by atoms with Crippen molar-refractivity contribution in [3.8, 4) is 0 Å². The summed E-state index contributed by atoms with van der Waals surface area (Å²) in [5, 5.41) is 6.47. The van der Waals surface area contributed by atoms with Gasteiger partial charge in [0.15, 0.2) is 0 Å². The van der Waals surface area contributed by atoms with Crippen LogP contribution in [0.15, 0.2) is 18.2 Å². The zero-order chi connectivity index (χ0) is 15.2. The minimum Gasteiger partial charge on any atom is -0.351 e. The number of benzene rings is 1. The van der Waals surface area contributed by atoms with Gasteiger partial charge in [0.1, 0.15) is 5.82 Å². The third-order valence-electron chi connectivity index (χ3n) is 3.82. The number of rotatable bonds is 5. The summed E-state index contributed by atoms with van der Waals surface area (Å²) >= 11 is 5.93. The molecule has 0 saturated carbocycles. The van der Waals surface area contributed by atoms with E-state index in [1.165, 1.54) is 12.1 Å². The van der Waals surface area contributed by atoms with Crippen molar-refractivity contribution in [1.82, 2.24) is 15.5 Å². The SMILES string of the molecule is CN(CC(=O)NCc1ccc(F)cc1Cl)C1CCNCC1. The van der Waals surface area contributed by atoms with Crippen LogP contribution in [0.5, 0.6) is 0 Å². The average molecular weight is 314 g/mol. The van der Waals surface area contributed by atoms with E-state index in [0.29, 0.717) is 24.2 Å². The molecule has 0 unspecified atom stereocenters. The van der Waals surface area contributed by atoms with Gasteiger partial charge in [0.2, 0.25) is 5.91 Å². The predicted octanol–water partition coefficient (Wildman–Crippen LogP) is 1.78. The summed E-state index contributed by atoms with van der Waals surface area (Å²) in [5.41, 5.74) is 0.718. The summed E-state index contributed by atoms with van der Waals surface area (Å²) in [7, 11) is 1.97. The van der Waals surface area contributed by atoms with E-state index >= 15 is 0 Å².